The third-order valence-corrected chi connectivity index (χ3v) is 3.10. The number of aryl methyl sites for hydroxylation is 1. The zero-order valence-electron chi connectivity index (χ0n) is 10.6. The number of alkyl halides is 2. The minimum absolute atomic E-state index is 0.151. The van der Waals surface area contributed by atoms with E-state index in [1.54, 1.807) is 0 Å². The van der Waals surface area contributed by atoms with Crippen molar-refractivity contribution in [3.63, 3.8) is 0 Å². The molecule has 0 bridgehead atoms. The van der Waals surface area contributed by atoms with Crippen molar-refractivity contribution in [2.75, 3.05) is 0 Å². The van der Waals surface area contributed by atoms with E-state index in [9.17, 15) is 22.7 Å². The summed E-state index contributed by atoms with van der Waals surface area (Å²) in [7, 11) is 0. The zero-order valence-corrected chi connectivity index (χ0v) is 10.6. The quantitative estimate of drug-likeness (QED) is 0.833. The van der Waals surface area contributed by atoms with Gasteiger partial charge in [-0.25, -0.2) is 17.6 Å². The van der Waals surface area contributed by atoms with Crippen molar-refractivity contribution in [2.45, 2.75) is 19.5 Å². The minimum Gasteiger partial charge on any atom is -0.383 e. The summed E-state index contributed by atoms with van der Waals surface area (Å²) in [6.07, 6.45) is -4.17. The second kappa shape index (κ2) is 5.63. The van der Waals surface area contributed by atoms with Crippen molar-refractivity contribution in [3.8, 4) is 0 Å². The molecule has 0 aliphatic heterocycles. The third kappa shape index (κ3) is 2.67. The molecule has 0 saturated heterocycles. The van der Waals surface area contributed by atoms with Crippen molar-refractivity contribution in [1.29, 1.82) is 0 Å². The average Bonchev–Trinajstić information content (AvgIpc) is 2.43. The highest BCUT2D eigenvalue weighted by Gasteiger charge is 2.21. The van der Waals surface area contributed by atoms with Crippen LogP contribution < -0.4 is 0 Å². The first-order chi connectivity index (χ1) is 9.41. The SMILES string of the molecule is Cc1ccc(F)c(C(O)c2ccc(C(F)F)cc2)c1F. The molecule has 2 rings (SSSR count). The number of benzene rings is 2. The minimum atomic E-state index is -2.63. The van der Waals surface area contributed by atoms with Gasteiger partial charge in [-0.15, -0.1) is 0 Å². The van der Waals surface area contributed by atoms with E-state index in [1.165, 1.54) is 25.1 Å². The second-order valence-electron chi connectivity index (χ2n) is 4.46. The molecule has 2 aromatic carbocycles. The van der Waals surface area contributed by atoms with Crippen LogP contribution in [0, 0.1) is 18.6 Å². The Kier molecular flexibility index (Phi) is 4.09. The predicted molar refractivity (Wildman–Crippen MR) is 66.6 cm³/mol. The van der Waals surface area contributed by atoms with Gasteiger partial charge < -0.3 is 5.11 Å². The van der Waals surface area contributed by atoms with Crippen molar-refractivity contribution < 1.29 is 22.7 Å². The molecule has 5 heteroatoms. The summed E-state index contributed by atoms with van der Waals surface area (Å²) in [6.45, 7) is 1.45. The molecule has 1 atom stereocenters. The molecular formula is C15H12F4O. The van der Waals surface area contributed by atoms with Crippen molar-refractivity contribution in [3.05, 3.63) is 70.3 Å². The number of rotatable bonds is 3. The first kappa shape index (κ1) is 14.5. The third-order valence-electron chi connectivity index (χ3n) is 3.10. The van der Waals surface area contributed by atoms with Gasteiger partial charge in [0.25, 0.3) is 6.43 Å². The van der Waals surface area contributed by atoms with E-state index in [1.807, 2.05) is 0 Å². The molecule has 1 N–H and O–H groups in total. The Balaban J connectivity index is 2.41. The lowest BCUT2D eigenvalue weighted by Crippen LogP contribution is -2.07. The maximum atomic E-state index is 13.9. The Morgan fingerprint density at radius 1 is 0.900 bits per heavy atom. The van der Waals surface area contributed by atoms with Gasteiger partial charge >= 0.3 is 0 Å². The van der Waals surface area contributed by atoms with Crippen LogP contribution in [-0.4, -0.2) is 5.11 Å². The van der Waals surface area contributed by atoms with Crippen molar-refractivity contribution in [1.82, 2.24) is 0 Å². The van der Waals surface area contributed by atoms with Gasteiger partial charge in [-0.05, 0) is 24.1 Å². The normalized spacial score (nSPS) is 12.8. The molecule has 106 valence electrons. The predicted octanol–water partition coefficient (Wildman–Crippen LogP) is 4.29. The van der Waals surface area contributed by atoms with Crippen molar-refractivity contribution >= 4 is 0 Å². The van der Waals surface area contributed by atoms with Crippen LogP contribution in [-0.2, 0) is 0 Å². The van der Waals surface area contributed by atoms with E-state index in [-0.39, 0.29) is 16.7 Å². The second-order valence-corrected chi connectivity index (χ2v) is 4.46. The molecular weight excluding hydrogens is 272 g/mol. The molecule has 0 aliphatic carbocycles. The maximum Gasteiger partial charge on any atom is 0.263 e. The first-order valence-electron chi connectivity index (χ1n) is 5.92. The largest absolute Gasteiger partial charge is 0.383 e. The summed E-state index contributed by atoms with van der Waals surface area (Å²) >= 11 is 0. The summed E-state index contributed by atoms with van der Waals surface area (Å²) in [5, 5.41) is 10.0. The van der Waals surface area contributed by atoms with Crippen LogP contribution in [0.15, 0.2) is 36.4 Å². The van der Waals surface area contributed by atoms with E-state index >= 15 is 0 Å². The molecule has 0 aliphatic rings. The van der Waals surface area contributed by atoms with Gasteiger partial charge in [-0.3, -0.25) is 0 Å². The molecule has 1 nitrogen and oxygen atoms in total. The summed E-state index contributed by atoms with van der Waals surface area (Å²) in [5.74, 6) is -1.71. The van der Waals surface area contributed by atoms with Gasteiger partial charge in [0.15, 0.2) is 0 Å². The van der Waals surface area contributed by atoms with Crippen LogP contribution in [0.5, 0.6) is 0 Å². The molecule has 0 fully saturated rings. The van der Waals surface area contributed by atoms with E-state index in [0.29, 0.717) is 0 Å². The van der Waals surface area contributed by atoms with E-state index in [0.717, 1.165) is 18.2 Å². The number of hydrogen-bond acceptors (Lipinski definition) is 1. The molecule has 2 aromatic rings. The lowest BCUT2D eigenvalue weighted by molar-refractivity contribution is 0.151. The Morgan fingerprint density at radius 2 is 1.45 bits per heavy atom. The van der Waals surface area contributed by atoms with Gasteiger partial charge in [0.1, 0.15) is 17.7 Å². The number of aliphatic hydroxyl groups excluding tert-OH is 1. The average molecular weight is 284 g/mol. The highest BCUT2D eigenvalue weighted by molar-refractivity contribution is 5.36. The monoisotopic (exact) mass is 284 g/mol. The molecule has 0 aromatic heterocycles. The van der Waals surface area contributed by atoms with Gasteiger partial charge in [-0.2, -0.15) is 0 Å². The molecule has 0 amide bonds. The van der Waals surface area contributed by atoms with Crippen molar-refractivity contribution in [2.24, 2.45) is 0 Å². The standard InChI is InChI=1S/C15H12F4O/c1-8-2-7-11(16)12(13(8)17)14(20)9-3-5-10(6-4-9)15(18)19/h2-7,14-15,20H,1H3. The van der Waals surface area contributed by atoms with Gasteiger partial charge in [0, 0.05) is 5.56 Å². The fourth-order valence-electron chi connectivity index (χ4n) is 1.92. The maximum absolute atomic E-state index is 13.9. The van der Waals surface area contributed by atoms with Crippen LogP contribution in [0.2, 0.25) is 0 Å². The highest BCUT2D eigenvalue weighted by Crippen LogP contribution is 2.29. The Bertz CT molecular complexity index is 608. The fourth-order valence-corrected chi connectivity index (χ4v) is 1.92. The van der Waals surface area contributed by atoms with E-state index < -0.39 is 29.7 Å². The summed E-state index contributed by atoms with van der Waals surface area (Å²) in [4.78, 5) is 0. The molecule has 0 heterocycles. The Labute approximate surface area is 113 Å². The summed E-state index contributed by atoms with van der Waals surface area (Å²) < 4.78 is 52.4. The summed E-state index contributed by atoms with van der Waals surface area (Å²) in [5.41, 5.74) is -0.344. The van der Waals surface area contributed by atoms with E-state index in [2.05, 4.69) is 0 Å². The Morgan fingerprint density at radius 3 is 2.00 bits per heavy atom. The lowest BCUT2D eigenvalue weighted by atomic mass is 9.98. The van der Waals surface area contributed by atoms with Gasteiger partial charge in [0.05, 0.1) is 5.56 Å². The molecule has 20 heavy (non-hydrogen) atoms. The molecule has 0 saturated carbocycles. The first-order valence-corrected chi connectivity index (χ1v) is 5.92. The lowest BCUT2D eigenvalue weighted by Gasteiger charge is -2.15. The van der Waals surface area contributed by atoms with E-state index in [4.69, 9.17) is 0 Å². The van der Waals surface area contributed by atoms with Crippen LogP contribution in [0.3, 0.4) is 0 Å². The van der Waals surface area contributed by atoms with Crippen LogP contribution in [0.1, 0.15) is 34.8 Å². The molecule has 0 spiro atoms. The smallest absolute Gasteiger partial charge is 0.263 e. The molecule has 0 radical (unpaired) electrons. The van der Waals surface area contributed by atoms with Crippen LogP contribution in [0.4, 0.5) is 17.6 Å². The van der Waals surface area contributed by atoms with Gasteiger partial charge in [0.2, 0.25) is 0 Å². The number of hydrogen-bond donors (Lipinski definition) is 1. The zero-order chi connectivity index (χ0) is 14.9. The van der Waals surface area contributed by atoms with Crippen LogP contribution >= 0.6 is 0 Å². The Hall–Kier alpha value is -1.88. The topological polar surface area (TPSA) is 20.2 Å². The highest BCUT2D eigenvalue weighted by atomic mass is 19.3. The van der Waals surface area contributed by atoms with Crippen LogP contribution in [0.25, 0.3) is 0 Å². The summed E-state index contributed by atoms with van der Waals surface area (Å²) in [6, 6.07) is 7.02. The molecule has 1 unspecified atom stereocenters. The fraction of sp³-hybridized carbons (Fsp3) is 0.200. The van der Waals surface area contributed by atoms with Gasteiger partial charge in [-0.1, -0.05) is 30.3 Å². The number of halogens is 4. The number of aliphatic hydroxyl groups is 1.